The highest BCUT2D eigenvalue weighted by molar-refractivity contribution is 6.09. The van der Waals surface area contributed by atoms with E-state index in [1.807, 2.05) is 0 Å². The van der Waals surface area contributed by atoms with Gasteiger partial charge in [0.25, 0.3) is 0 Å². The maximum Gasteiger partial charge on any atom is 0.416 e. The molecule has 3 saturated heterocycles. The van der Waals surface area contributed by atoms with Crippen LogP contribution in [0.5, 0.6) is 0 Å². The van der Waals surface area contributed by atoms with Crippen LogP contribution in [-0.4, -0.2) is 115 Å². The monoisotopic (exact) mass is 659 g/mol. The number of carbonyl (C=O) groups is 3. The second-order valence-electron chi connectivity index (χ2n) is 12.6. The number of alkyl halides is 3. The van der Waals surface area contributed by atoms with Crippen LogP contribution in [0, 0.1) is 12.7 Å². The van der Waals surface area contributed by atoms with E-state index in [0.717, 1.165) is 43.2 Å². The molecule has 4 heterocycles. The van der Waals surface area contributed by atoms with Crippen molar-refractivity contribution in [3.05, 3.63) is 60.1 Å². The third kappa shape index (κ3) is 6.71. The minimum absolute atomic E-state index is 0.0383. The lowest BCUT2D eigenvalue weighted by Crippen LogP contribution is -2.77. The molecule has 47 heavy (non-hydrogen) atoms. The number of aryl methyl sites for hydroxylation is 1. The van der Waals surface area contributed by atoms with Gasteiger partial charge in [-0.1, -0.05) is 19.6 Å². The Kier molecular flexibility index (Phi) is 9.65. The second kappa shape index (κ2) is 13.2. The molecule has 3 aliphatic rings. The van der Waals surface area contributed by atoms with Gasteiger partial charge >= 0.3 is 6.18 Å². The first-order valence-corrected chi connectivity index (χ1v) is 15.7. The molecule has 1 unspecified atom stereocenters. The van der Waals surface area contributed by atoms with Gasteiger partial charge in [-0.3, -0.25) is 29.1 Å². The van der Waals surface area contributed by atoms with E-state index < -0.39 is 35.4 Å². The number of anilines is 3. The van der Waals surface area contributed by atoms with Crippen LogP contribution in [-0.2, 0) is 20.6 Å². The zero-order chi connectivity index (χ0) is 34.3. The topological polar surface area (TPSA) is 83.5 Å². The number of carbonyl (C=O) groups excluding carboxylic acids is 3. The Balaban J connectivity index is 1.31. The summed E-state index contributed by atoms with van der Waals surface area (Å²) in [5.74, 6) is -1.93. The van der Waals surface area contributed by atoms with E-state index in [0.29, 0.717) is 26.2 Å². The molecule has 1 spiro atoms. The molecule has 0 saturated carbocycles. The van der Waals surface area contributed by atoms with Crippen LogP contribution >= 0.6 is 0 Å². The van der Waals surface area contributed by atoms with Crippen molar-refractivity contribution in [1.29, 1.82) is 0 Å². The summed E-state index contributed by atoms with van der Waals surface area (Å²) in [5.41, 5.74) is -0.576. The summed E-state index contributed by atoms with van der Waals surface area (Å²) in [6.45, 7) is 12.7. The maximum absolute atomic E-state index is 15.5. The Labute approximate surface area is 272 Å². The molecule has 14 heteroatoms. The zero-order valence-corrected chi connectivity index (χ0v) is 27.2. The molecule has 3 amide bonds. The normalized spacial score (nSPS) is 20.0. The quantitative estimate of drug-likeness (QED) is 0.301. The van der Waals surface area contributed by atoms with Crippen LogP contribution in [0.25, 0.3) is 0 Å². The molecule has 0 bridgehead atoms. The van der Waals surface area contributed by atoms with Gasteiger partial charge in [0.1, 0.15) is 17.7 Å². The van der Waals surface area contributed by atoms with Crippen LogP contribution < -0.4 is 14.7 Å². The number of likely N-dealkylation sites (tertiary alicyclic amines) is 1. The summed E-state index contributed by atoms with van der Waals surface area (Å²) >= 11 is 0. The van der Waals surface area contributed by atoms with Crippen molar-refractivity contribution in [2.75, 3.05) is 81.2 Å². The highest BCUT2D eigenvalue weighted by Crippen LogP contribution is 2.37. The van der Waals surface area contributed by atoms with Gasteiger partial charge in [-0.15, -0.1) is 0 Å². The predicted molar refractivity (Wildman–Crippen MR) is 171 cm³/mol. The van der Waals surface area contributed by atoms with E-state index in [9.17, 15) is 27.6 Å². The van der Waals surface area contributed by atoms with E-state index >= 15 is 4.39 Å². The number of likely N-dealkylation sites (N-methyl/N-ethyl adjacent to an activating group) is 3. The average molecular weight is 660 g/mol. The van der Waals surface area contributed by atoms with E-state index in [2.05, 4.69) is 28.3 Å². The van der Waals surface area contributed by atoms with Crippen LogP contribution in [0.3, 0.4) is 0 Å². The van der Waals surface area contributed by atoms with E-state index in [1.165, 1.54) is 37.1 Å². The molecular formula is C33H41F4N7O3. The van der Waals surface area contributed by atoms with Crippen LogP contribution in [0.2, 0.25) is 0 Å². The van der Waals surface area contributed by atoms with Crippen molar-refractivity contribution in [3.8, 4) is 0 Å². The largest absolute Gasteiger partial charge is 0.416 e. The molecule has 2 aromatic rings. The van der Waals surface area contributed by atoms with Gasteiger partial charge in [0.05, 0.1) is 22.5 Å². The number of pyridine rings is 1. The average Bonchev–Trinajstić information content (AvgIpc) is 3.41. The van der Waals surface area contributed by atoms with Crippen molar-refractivity contribution in [2.24, 2.45) is 0 Å². The first kappa shape index (κ1) is 34.3. The van der Waals surface area contributed by atoms with Crippen molar-refractivity contribution in [1.82, 2.24) is 19.7 Å². The fourth-order valence-electron chi connectivity index (χ4n) is 7.07. The molecule has 0 radical (unpaired) electrons. The van der Waals surface area contributed by atoms with Gasteiger partial charge in [-0.2, -0.15) is 13.2 Å². The predicted octanol–water partition coefficient (Wildman–Crippen LogP) is 3.55. The highest BCUT2D eigenvalue weighted by Gasteiger charge is 2.51. The first-order valence-electron chi connectivity index (χ1n) is 15.7. The second-order valence-corrected chi connectivity index (χ2v) is 12.6. The number of amides is 3. The number of benzene rings is 1. The Hall–Kier alpha value is -4.04. The fraction of sp³-hybridized carbons (Fsp3) is 0.515. The molecular weight excluding hydrogens is 618 g/mol. The van der Waals surface area contributed by atoms with Crippen molar-refractivity contribution < 1.29 is 31.9 Å². The lowest BCUT2D eigenvalue weighted by Gasteiger charge is -2.59. The van der Waals surface area contributed by atoms with Crippen molar-refractivity contribution in [2.45, 2.75) is 44.4 Å². The lowest BCUT2D eigenvalue weighted by molar-refractivity contribution is -0.147. The number of para-hydroxylation sites is 1. The minimum atomic E-state index is -4.66. The van der Waals surface area contributed by atoms with Crippen LogP contribution in [0.4, 0.5) is 34.8 Å². The number of nitrogens with zero attached hydrogens (tertiary/aromatic N) is 7. The number of piperazine rings is 1. The number of halogens is 4. The molecule has 0 N–H and O–H groups in total. The van der Waals surface area contributed by atoms with E-state index in [4.69, 9.17) is 0 Å². The summed E-state index contributed by atoms with van der Waals surface area (Å²) in [7, 11) is 3.22. The molecule has 5 rings (SSSR count). The summed E-state index contributed by atoms with van der Waals surface area (Å²) < 4.78 is 56.2. The van der Waals surface area contributed by atoms with Crippen LogP contribution in [0.15, 0.2) is 43.0 Å². The summed E-state index contributed by atoms with van der Waals surface area (Å²) in [5, 5.41) is 0. The van der Waals surface area contributed by atoms with E-state index in [1.54, 1.807) is 22.9 Å². The highest BCUT2D eigenvalue weighted by atomic mass is 19.4. The Morgan fingerprint density at radius 3 is 2.53 bits per heavy atom. The summed E-state index contributed by atoms with van der Waals surface area (Å²) in [4.78, 5) is 53.6. The lowest BCUT2D eigenvalue weighted by atomic mass is 9.84. The smallest absolute Gasteiger partial charge is 0.369 e. The molecule has 10 nitrogen and oxygen atoms in total. The third-order valence-electron chi connectivity index (χ3n) is 9.52. The van der Waals surface area contributed by atoms with Gasteiger partial charge in [-0.05, 0) is 50.2 Å². The van der Waals surface area contributed by atoms with Gasteiger partial charge in [0, 0.05) is 72.0 Å². The molecule has 3 aliphatic heterocycles. The zero-order valence-electron chi connectivity index (χ0n) is 27.2. The molecule has 1 atom stereocenters. The van der Waals surface area contributed by atoms with Gasteiger partial charge < -0.3 is 14.7 Å². The number of hydrogen-bond acceptors (Lipinski definition) is 7. The number of aromatic nitrogens is 1. The third-order valence-corrected chi connectivity index (χ3v) is 9.52. The Morgan fingerprint density at radius 2 is 1.87 bits per heavy atom. The minimum Gasteiger partial charge on any atom is -0.369 e. The molecule has 3 fully saturated rings. The van der Waals surface area contributed by atoms with Crippen molar-refractivity contribution >= 4 is 34.9 Å². The fourth-order valence-corrected chi connectivity index (χ4v) is 7.07. The van der Waals surface area contributed by atoms with Gasteiger partial charge in [-0.25, -0.2) is 9.37 Å². The number of hydrogen-bond donors (Lipinski definition) is 0. The van der Waals surface area contributed by atoms with Crippen molar-refractivity contribution in [3.63, 3.8) is 0 Å². The Bertz CT molecular complexity index is 1540. The molecule has 1 aromatic carbocycles. The molecule has 1 aromatic heterocycles. The van der Waals surface area contributed by atoms with Gasteiger partial charge in [0.15, 0.2) is 0 Å². The maximum atomic E-state index is 15.5. The van der Waals surface area contributed by atoms with Gasteiger partial charge in [0.2, 0.25) is 17.7 Å². The molecule has 0 aliphatic carbocycles. The van der Waals surface area contributed by atoms with E-state index in [-0.39, 0.29) is 47.2 Å². The van der Waals surface area contributed by atoms with Crippen LogP contribution in [0.1, 0.15) is 31.0 Å². The summed E-state index contributed by atoms with van der Waals surface area (Å²) in [6.07, 6.45) is -3.28. The summed E-state index contributed by atoms with van der Waals surface area (Å²) in [6, 6.07) is 4.96. The number of rotatable bonds is 9. The Morgan fingerprint density at radius 1 is 1.15 bits per heavy atom. The standard InChI is InChI=1S/C33H41F4N7O3/c1-6-28(45)42-20-32(21-42)19-41(15-16-43(32)7-2)14-13-39(4)30-24(34)9-8-10-25(30)40(5)31(47)26-11-12-29(46)44(26)27-18-23(33(35,36)37)17-22(3)38-27/h6,8-10,17-18,26H,1,7,11-16,19-21H2,2-5H3. The molecule has 254 valence electrons. The first-order chi connectivity index (χ1) is 22.2. The SMILES string of the molecule is C=CC(=O)N1CC2(CN(CCN(C)c3c(F)cccc3N(C)C(=O)C3CCC(=O)N3c3cc(C(F)(F)F)cc(C)n3)CCN2CC)C1.